The summed E-state index contributed by atoms with van der Waals surface area (Å²) in [5, 5.41) is 0. The molecule has 1 aliphatic heterocycles. The van der Waals surface area contributed by atoms with Crippen LogP contribution in [0.2, 0.25) is 0 Å². The van der Waals surface area contributed by atoms with Crippen LogP contribution >= 0.6 is 0 Å². The Morgan fingerprint density at radius 1 is 1.28 bits per heavy atom. The Morgan fingerprint density at radius 3 is 2.56 bits per heavy atom. The van der Waals surface area contributed by atoms with Gasteiger partial charge in [0.05, 0.1) is 11.5 Å². The summed E-state index contributed by atoms with van der Waals surface area (Å²) in [4.78, 5) is 20.6. The standard InChI is InChI=1S/C11H15N3O3S/c15-10-7-9(12-11(13-10)8-1-2-8)14-3-5-18(16,17)6-4-14/h7-8H,1-6H2,(H,12,13,15). The zero-order valence-corrected chi connectivity index (χ0v) is 10.7. The van der Waals surface area contributed by atoms with Crippen molar-refractivity contribution >= 4 is 15.7 Å². The second-order valence-corrected chi connectivity index (χ2v) is 7.21. The molecule has 1 aliphatic carbocycles. The monoisotopic (exact) mass is 269 g/mol. The van der Waals surface area contributed by atoms with E-state index >= 15 is 0 Å². The summed E-state index contributed by atoms with van der Waals surface area (Å²) in [5.41, 5.74) is -0.157. The molecule has 1 aromatic rings. The van der Waals surface area contributed by atoms with Crippen LogP contribution in [0.4, 0.5) is 5.82 Å². The summed E-state index contributed by atoms with van der Waals surface area (Å²) < 4.78 is 22.7. The zero-order valence-electron chi connectivity index (χ0n) is 9.92. The summed E-state index contributed by atoms with van der Waals surface area (Å²) in [6.07, 6.45) is 2.14. The number of nitrogens with zero attached hydrogens (tertiary/aromatic N) is 2. The van der Waals surface area contributed by atoms with Crippen LogP contribution in [0.1, 0.15) is 24.6 Å². The first-order valence-corrected chi connectivity index (χ1v) is 7.92. The van der Waals surface area contributed by atoms with Crippen LogP contribution < -0.4 is 10.5 Å². The zero-order chi connectivity index (χ0) is 12.8. The predicted molar refractivity (Wildman–Crippen MR) is 67.7 cm³/mol. The maximum absolute atomic E-state index is 11.6. The maximum atomic E-state index is 11.6. The van der Waals surface area contributed by atoms with Crippen molar-refractivity contribution < 1.29 is 8.42 Å². The van der Waals surface area contributed by atoms with Gasteiger partial charge in [0.2, 0.25) is 0 Å². The first-order valence-electron chi connectivity index (χ1n) is 6.10. The molecule has 0 bridgehead atoms. The lowest BCUT2D eigenvalue weighted by Gasteiger charge is -2.27. The van der Waals surface area contributed by atoms with Gasteiger partial charge in [-0.25, -0.2) is 13.4 Å². The van der Waals surface area contributed by atoms with Crippen molar-refractivity contribution in [3.05, 3.63) is 22.2 Å². The minimum atomic E-state index is -2.90. The van der Waals surface area contributed by atoms with E-state index in [9.17, 15) is 13.2 Å². The highest BCUT2D eigenvalue weighted by Gasteiger charge is 2.28. The second kappa shape index (κ2) is 4.08. The average Bonchev–Trinajstić information content (AvgIpc) is 3.11. The number of aromatic nitrogens is 2. The fourth-order valence-electron chi connectivity index (χ4n) is 2.12. The summed E-state index contributed by atoms with van der Waals surface area (Å²) in [6, 6.07) is 1.45. The van der Waals surface area contributed by atoms with Gasteiger partial charge in [-0.1, -0.05) is 0 Å². The van der Waals surface area contributed by atoms with E-state index < -0.39 is 9.84 Å². The Hall–Kier alpha value is -1.37. The molecule has 2 fully saturated rings. The maximum Gasteiger partial charge on any atom is 0.252 e. The molecule has 1 saturated heterocycles. The lowest BCUT2D eigenvalue weighted by molar-refractivity contribution is 0.586. The van der Waals surface area contributed by atoms with Crippen LogP contribution in [-0.4, -0.2) is 43.0 Å². The van der Waals surface area contributed by atoms with Gasteiger partial charge in [-0.15, -0.1) is 0 Å². The lowest BCUT2D eigenvalue weighted by atomic mass is 10.3. The van der Waals surface area contributed by atoms with Crippen molar-refractivity contribution in [1.82, 2.24) is 9.97 Å². The van der Waals surface area contributed by atoms with E-state index in [2.05, 4.69) is 9.97 Å². The quantitative estimate of drug-likeness (QED) is 0.809. The van der Waals surface area contributed by atoms with Gasteiger partial charge in [0.25, 0.3) is 5.56 Å². The molecule has 98 valence electrons. The molecule has 2 aliphatic rings. The molecular weight excluding hydrogens is 254 g/mol. The number of rotatable bonds is 2. The summed E-state index contributed by atoms with van der Waals surface area (Å²) in [5.74, 6) is 2.01. The summed E-state index contributed by atoms with van der Waals surface area (Å²) >= 11 is 0. The summed E-state index contributed by atoms with van der Waals surface area (Å²) in [7, 11) is -2.90. The van der Waals surface area contributed by atoms with Crippen LogP contribution in [0.15, 0.2) is 10.9 Å². The molecule has 0 amide bonds. The third-order valence-electron chi connectivity index (χ3n) is 3.38. The summed E-state index contributed by atoms with van der Waals surface area (Å²) in [6.45, 7) is 0.839. The van der Waals surface area contributed by atoms with Gasteiger partial charge >= 0.3 is 0 Å². The molecule has 2 heterocycles. The highest BCUT2D eigenvalue weighted by atomic mass is 32.2. The number of H-pyrrole nitrogens is 1. The molecule has 0 spiro atoms. The van der Waals surface area contributed by atoms with E-state index in [-0.39, 0.29) is 17.1 Å². The van der Waals surface area contributed by atoms with Gasteiger partial charge in [0.15, 0.2) is 9.84 Å². The van der Waals surface area contributed by atoms with Crippen LogP contribution in [0, 0.1) is 0 Å². The average molecular weight is 269 g/mol. The highest BCUT2D eigenvalue weighted by molar-refractivity contribution is 7.91. The number of sulfone groups is 1. The minimum absolute atomic E-state index is 0.139. The minimum Gasteiger partial charge on any atom is -0.354 e. The molecule has 18 heavy (non-hydrogen) atoms. The van der Waals surface area contributed by atoms with Gasteiger partial charge in [0, 0.05) is 25.1 Å². The molecule has 6 nitrogen and oxygen atoms in total. The highest BCUT2D eigenvalue weighted by Crippen LogP contribution is 2.37. The Kier molecular flexibility index (Phi) is 2.65. The van der Waals surface area contributed by atoms with Crippen molar-refractivity contribution in [2.75, 3.05) is 29.5 Å². The third-order valence-corrected chi connectivity index (χ3v) is 4.99. The van der Waals surface area contributed by atoms with Crippen LogP contribution in [0.5, 0.6) is 0 Å². The van der Waals surface area contributed by atoms with E-state index in [1.165, 1.54) is 6.07 Å². The van der Waals surface area contributed by atoms with Gasteiger partial charge in [-0.3, -0.25) is 4.79 Å². The van der Waals surface area contributed by atoms with Gasteiger partial charge in [-0.2, -0.15) is 0 Å². The number of hydrogen-bond donors (Lipinski definition) is 1. The molecule has 0 aromatic carbocycles. The molecule has 0 unspecified atom stereocenters. The SMILES string of the molecule is O=c1cc(N2CCS(=O)(=O)CC2)nc(C2CC2)[nH]1. The van der Waals surface area contributed by atoms with Gasteiger partial charge in [-0.05, 0) is 12.8 Å². The molecule has 1 aromatic heterocycles. The topological polar surface area (TPSA) is 83.1 Å². The first kappa shape index (κ1) is 11.7. The van der Waals surface area contributed by atoms with Crippen molar-refractivity contribution in [2.24, 2.45) is 0 Å². The Bertz CT molecular complexity index is 605. The molecular formula is C11H15N3O3S. The molecule has 0 atom stereocenters. The van der Waals surface area contributed by atoms with Crippen LogP contribution in [0.25, 0.3) is 0 Å². The fourth-order valence-corrected chi connectivity index (χ4v) is 3.32. The Morgan fingerprint density at radius 2 is 1.94 bits per heavy atom. The molecule has 1 N–H and O–H groups in total. The van der Waals surface area contributed by atoms with Gasteiger partial charge < -0.3 is 9.88 Å². The Labute approximate surface area is 105 Å². The van der Waals surface area contributed by atoms with Gasteiger partial charge in [0.1, 0.15) is 11.6 Å². The van der Waals surface area contributed by atoms with Crippen molar-refractivity contribution in [3.8, 4) is 0 Å². The van der Waals surface area contributed by atoms with Crippen LogP contribution in [0.3, 0.4) is 0 Å². The molecule has 3 rings (SSSR count). The van der Waals surface area contributed by atoms with Crippen LogP contribution in [-0.2, 0) is 9.84 Å². The van der Waals surface area contributed by atoms with E-state index in [1.54, 1.807) is 0 Å². The smallest absolute Gasteiger partial charge is 0.252 e. The first-order chi connectivity index (χ1) is 8.53. The largest absolute Gasteiger partial charge is 0.354 e. The van der Waals surface area contributed by atoms with Crippen molar-refractivity contribution in [1.29, 1.82) is 0 Å². The third kappa shape index (κ3) is 2.40. The second-order valence-electron chi connectivity index (χ2n) is 4.90. The van der Waals surface area contributed by atoms with E-state index in [4.69, 9.17) is 0 Å². The number of hydrogen-bond acceptors (Lipinski definition) is 5. The number of anilines is 1. The number of nitrogens with one attached hydrogen (secondary N) is 1. The fraction of sp³-hybridized carbons (Fsp3) is 0.636. The van der Waals surface area contributed by atoms with E-state index in [1.807, 2.05) is 4.90 Å². The normalized spacial score (nSPS) is 23.0. The predicted octanol–water partition coefficient (Wildman–Crippen LogP) is -0.118. The van der Waals surface area contributed by atoms with Crippen molar-refractivity contribution in [3.63, 3.8) is 0 Å². The molecule has 0 radical (unpaired) electrons. The lowest BCUT2D eigenvalue weighted by Crippen LogP contribution is -2.41. The Balaban J connectivity index is 1.86. The molecule has 7 heteroatoms. The number of aromatic amines is 1. The molecule has 1 saturated carbocycles. The van der Waals surface area contributed by atoms with Crippen molar-refractivity contribution in [2.45, 2.75) is 18.8 Å². The van der Waals surface area contributed by atoms with E-state index in [0.717, 1.165) is 18.7 Å². The van der Waals surface area contributed by atoms with E-state index in [0.29, 0.717) is 24.8 Å².